The molecular weight excluding hydrogens is 286 g/mol. The van der Waals surface area contributed by atoms with Crippen LogP contribution < -0.4 is 17.2 Å². The van der Waals surface area contributed by atoms with Gasteiger partial charge in [0.25, 0.3) is 0 Å². The minimum absolute atomic E-state index is 0.460. The number of hydrogen-bond donors (Lipinski definition) is 3. The lowest BCUT2D eigenvalue weighted by Gasteiger charge is -2.14. The minimum Gasteiger partial charge on any atom is -0.399 e. The monoisotopic (exact) mass is 303 g/mol. The SMILES string of the molecule is Cc1c(N)cc2nc(N)c3cnc4cc(N)ccc4c3c2c1C. The van der Waals surface area contributed by atoms with E-state index in [0.29, 0.717) is 11.5 Å². The third-order valence-electron chi connectivity index (χ3n) is 4.58. The highest BCUT2D eigenvalue weighted by Crippen LogP contribution is 2.37. The van der Waals surface area contributed by atoms with Crippen molar-refractivity contribution >= 4 is 49.8 Å². The maximum Gasteiger partial charge on any atom is 0.133 e. The predicted molar refractivity (Wildman–Crippen MR) is 97.3 cm³/mol. The first-order valence-electron chi connectivity index (χ1n) is 7.40. The van der Waals surface area contributed by atoms with Gasteiger partial charge in [-0.05, 0) is 43.2 Å². The standard InChI is InChI=1S/C18H17N5/c1-8-9(2)16-15(6-13(8)20)23-18(21)12-7-22-14-5-10(19)3-4-11(14)17(12)16/h3-7H,19-20H2,1-2H3,(H2,21,23). The van der Waals surface area contributed by atoms with Gasteiger partial charge in [-0.1, -0.05) is 6.07 Å². The average molecular weight is 303 g/mol. The first kappa shape index (κ1) is 13.6. The van der Waals surface area contributed by atoms with Crippen molar-refractivity contribution in [3.05, 3.63) is 41.6 Å². The number of benzene rings is 2. The van der Waals surface area contributed by atoms with Crippen LogP contribution in [0.5, 0.6) is 0 Å². The van der Waals surface area contributed by atoms with E-state index in [4.69, 9.17) is 17.2 Å². The molecule has 0 saturated heterocycles. The largest absolute Gasteiger partial charge is 0.399 e. The molecule has 4 aromatic rings. The van der Waals surface area contributed by atoms with Gasteiger partial charge < -0.3 is 17.2 Å². The lowest BCUT2D eigenvalue weighted by molar-refractivity contribution is 1.35. The van der Waals surface area contributed by atoms with Crippen molar-refractivity contribution < 1.29 is 0 Å². The highest BCUT2D eigenvalue weighted by molar-refractivity contribution is 6.22. The molecule has 0 amide bonds. The summed E-state index contributed by atoms with van der Waals surface area (Å²) in [6, 6.07) is 7.63. The fourth-order valence-electron chi connectivity index (χ4n) is 3.19. The zero-order valence-corrected chi connectivity index (χ0v) is 13.0. The van der Waals surface area contributed by atoms with E-state index in [1.165, 1.54) is 0 Å². The molecule has 0 fully saturated rings. The van der Waals surface area contributed by atoms with Crippen LogP contribution >= 0.6 is 0 Å². The number of hydrogen-bond acceptors (Lipinski definition) is 5. The molecule has 0 aliphatic rings. The van der Waals surface area contributed by atoms with Crippen LogP contribution in [0.2, 0.25) is 0 Å². The number of aromatic nitrogens is 2. The first-order chi connectivity index (χ1) is 11.0. The lowest BCUT2D eigenvalue weighted by atomic mass is 9.95. The van der Waals surface area contributed by atoms with E-state index < -0.39 is 0 Å². The molecule has 2 heterocycles. The molecule has 2 aromatic carbocycles. The first-order valence-corrected chi connectivity index (χ1v) is 7.40. The van der Waals surface area contributed by atoms with Crippen LogP contribution in [0, 0.1) is 13.8 Å². The molecule has 6 N–H and O–H groups in total. The molecule has 5 nitrogen and oxygen atoms in total. The van der Waals surface area contributed by atoms with E-state index in [0.717, 1.165) is 49.4 Å². The molecule has 5 heteroatoms. The second-order valence-corrected chi connectivity index (χ2v) is 5.93. The van der Waals surface area contributed by atoms with Crippen molar-refractivity contribution in [1.29, 1.82) is 0 Å². The molecule has 0 bridgehead atoms. The van der Waals surface area contributed by atoms with Gasteiger partial charge >= 0.3 is 0 Å². The van der Waals surface area contributed by atoms with Crippen molar-refractivity contribution in [2.24, 2.45) is 0 Å². The highest BCUT2D eigenvalue weighted by atomic mass is 14.8. The maximum atomic E-state index is 6.16. The predicted octanol–water partition coefficient (Wildman–Crippen LogP) is 3.30. The fourth-order valence-corrected chi connectivity index (χ4v) is 3.19. The molecule has 0 atom stereocenters. The molecule has 4 rings (SSSR count). The zero-order chi connectivity index (χ0) is 16.3. The van der Waals surface area contributed by atoms with Gasteiger partial charge in [-0.2, -0.15) is 0 Å². The average Bonchev–Trinajstić information content (AvgIpc) is 2.52. The number of pyridine rings is 2. The minimum atomic E-state index is 0.460. The summed E-state index contributed by atoms with van der Waals surface area (Å²) in [6.45, 7) is 4.09. The lowest BCUT2D eigenvalue weighted by Crippen LogP contribution is -2.00. The Hall–Kier alpha value is -3.08. The molecule has 2 aromatic heterocycles. The van der Waals surface area contributed by atoms with Crippen molar-refractivity contribution in [1.82, 2.24) is 9.97 Å². The van der Waals surface area contributed by atoms with Crippen LogP contribution in [0.25, 0.3) is 32.6 Å². The molecule has 0 aliphatic heterocycles. The number of aryl methyl sites for hydroxylation is 1. The van der Waals surface area contributed by atoms with Crippen LogP contribution in [0.4, 0.5) is 17.2 Å². The van der Waals surface area contributed by atoms with E-state index in [9.17, 15) is 0 Å². The van der Waals surface area contributed by atoms with Gasteiger partial charge in [-0.3, -0.25) is 4.98 Å². The summed E-state index contributed by atoms with van der Waals surface area (Å²) in [5, 5.41) is 3.99. The molecular formula is C18H17N5. The molecule has 23 heavy (non-hydrogen) atoms. The van der Waals surface area contributed by atoms with E-state index in [-0.39, 0.29) is 0 Å². The third-order valence-corrected chi connectivity index (χ3v) is 4.58. The van der Waals surface area contributed by atoms with Gasteiger partial charge in [0.05, 0.1) is 11.0 Å². The quantitative estimate of drug-likeness (QED) is 0.341. The number of rotatable bonds is 0. The number of nitrogens with zero attached hydrogens (tertiary/aromatic N) is 2. The Bertz CT molecular complexity index is 1120. The van der Waals surface area contributed by atoms with E-state index in [1.807, 2.05) is 31.2 Å². The van der Waals surface area contributed by atoms with Gasteiger partial charge in [-0.15, -0.1) is 0 Å². The number of nitrogen functional groups attached to an aromatic ring is 3. The fraction of sp³-hybridized carbons (Fsp3) is 0.111. The van der Waals surface area contributed by atoms with Gasteiger partial charge in [0.2, 0.25) is 0 Å². The van der Waals surface area contributed by atoms with Gasteiger partial charge in [-0.25, -0.2) is 4.98 Å². The van der Waals surface area contributed by atoms with E-state index in [1.54, 1.807) is 6.20 Å². The normalized spacial score (nSPS) is 11.6. The summed E-state index contributed by atoms with van der Waals surface area (Å²) >= 11 is 0. The summed E-state index contributed by atoms with van der Waals surface area (Å²) < 4.78 is 0. The Morgan fingerprint density at radius 2 is 1.61 bits per heavy atom. The Kier molecular flexibility index (Phi) is 2.63. The van der Waals surface area contributed by atoms with Gasteiger partial charge in [0, 0.05) is 39.1 Å². The van der Waals surface area contributed by atoms with Crippen LogP contribution in [0.3, 0.4) is 0 Å². The summed E-state index contributed by atoms with van der Waals surface area (Å²) in [6.07, 6.45) is 1.77. The van der Waals surface area contributed by atoms with Gasteiger partial charge in [0.1, 0.15) is 5.82 Å². The third kappa shape index (κ3) is 1.80. The zero-order valence-electron chi connectivity index (χ0n) is 13.0. The van der Waals surface area contributed by atoms with Crippen molar-refractivity contribution in [3.8, 4) is 0 Å². The summed E-state index contributed by atoms with van der Waals surface area (Å²) in [5.74, 6) is 0.460. The summed E-state index contributed by atoms with van der Waals surface area (Å²) in [4.78, 5) is 9.01. The molecule has 114 valence electrons. The molecule has 0 unspecified atom stereocenters. The molecule has 0 aliphatic carbocycles. The van der Waals surface area contributed by atoms with Gasteiger partial charge in [0.15, 0.2) is 0 Å². The number of fused-ring (bicyclic) bond motifs is 5. The van der Waals surface area contributed by atoms with Crippen molar-refractivity contribution in [2.75, 3.05) is 17.2 Å². The van der Waals surface area contributed by atoms with Crippen LogP contribution in [0.15, 0.2) is 30.5 Å². The second kappa shape index (κ2) is 4.46. The van der Waals surface area contributed by atoms with E-state index >= 15 is 0 Å². The molecule has 0 spiro atoms. The van der Waals surface area contributed by atoms with E-state index in [2.05, 4.69) is 16.9 Å². The number of nitrogens with two attached hydrogens (primary N) is 3. The summed E-state index contributed by atoms with van der Waals surface area (Å²) in [7, 11) is 0. The second-order valence-electron chi connectivity index (χ2n) is 5.93. The van der Waals surface area contributed by atoms with Crippen molar-refractivity contribution in [2.45, 2.75) is 13.8 Å². The van der Waals surface area contributed by atoms with Crippen LogP contribution in [-0.2, 0) is 0 Å². The Labute approximate surface area is 133 Å². The number of anilines is 3. The maximum absolute atomic E-state index is 6.16. The smallest absolute Gasteiger partial charge is 0.133 e. The Morgan fingerprint density at radius 3 is 2.39 bits per heavy atom. The van der Waals surface area contributed by atoms with Crippen LogP contribution in [-0.4, -0.2) is 9.97 Å². The van der Waals surface area contributed by atoms with Crippen LogP contribution in [0.1, 0.15) is 11.1 Å². The topological polar surface area (TPSA) is 104 Å². The molecule has 0 saturated carbocycles. The molecule has 0 radical (unpaired) electrons. The Morgan fingerprint density at radius 1 is 0.826 bits per heavy atom. The Balaban J connectivity index is 2.38. The summed E-state index contributed by atoms with van der Waals surface area (Å²) in [5.41, 5.74) is 23.4. The van der Waals surface area contributed by atoms with Crippen molar-refractivity contribution in [3.63, 3.8) is 0 Å². The highest BCUT2D eigenvalue weighted by Gasteiger charge is 2.15.